The number of hydrogen-bond acceptors (Lipinski definition) is 4. The van der Waals surface area contributed by atoms with Crippen LogP contribution in [0, 0.1) is 5.92 Å². The van der Waals surface area contributed by atoms with Crippen molar-refractivity contribution in [1.82, 2.24) is 15.3 Å². The fourth-order valence-corrected chi connectivity index (χ4v) is 3.64. The number of hydrogen-bond donors (Lipinski definition) is 2. The smallest absolute Gasteiger partial charge is 0.273 e. The molecular weight excluding hydrogens is 388 g/mol. The normalized spacial score (nSPS) is 11.8. The van der Waals surface area contributed by atoms with Crippen LogP contribution in [0.3, 0.4) is 0 Å². The first-order chi connectivity index (χ1) is 15.0. The molecule has 0 bridgehead atoms. The lowest BCUT2D eigenvalue weighted by molar-refractivity contribution is 0.0943. The number of unbranched alkanes of at least 4 members (excludes halogenated alkanes) is 1. The first kappa shape index (κ1) is 22.4. The van der Waals surface area contributed by atoms with Crippen molar-refractivity contribution >= 4 is 28.4 Å². The molecule has 0 radical (unpaired) electrons. The van der Waals surface area contributed by atoms with Crippen molar-refractivity contribution in [3.8, 4) is 0 Å². The molecule has 162 valence electrons. The molecule has 3 rings (SSSR count). The summed E-state index contributed by atoms with van der Waals surface area (Å²) in [6.07, 6.45) is 7.13. The third-order valence-electron chi connectivity index (χ3n) is 5.45. The van der Waals surface area contributed by atoms with Crippen LogP contribution in [-0.4, -0.2) is 28.3 Å². The molecule has 31 heavy (non-hydrogen) atoms. The zero-order valence-electron chi connectivity index (χ0n) is 18.4. The van der Waals surface area contributed by atoms with E-state index >= 15 is 0 Å². The lowest BCUT2D eigenvalue weighted by Crippen LogP contribution is -2.30. The molecule has 0 saturated carbocycles. The van der Waals surface area contributed by atoms with Crippen molar-refractivity contribution in [2.24, 2.45) is 5.92 Å². The van der Waals surface area contributed by atoms with Crippen LogP contribution in [0.4, 0.5) is 5.82 Å². The standard InChI is InChI=1S/C25H30N4O2/c1-4-6-9-17(3)16-28-25(31)22-23(27-15-14-26-22)29-24(30)21-13-12-18(5-2)19-10-7-8-11-20(19)21/h7-8,10-15,17H,4-6,9,16H2,1-3H3,(H,28,31)(H,27,29,30). The molecule has 1 unspecified atom stereocenters. The Labute approximate surface area is 183 Å². The average Bonchev–Trinajstić information content (AvgIpc) is 2.80. The molecule has 2 amide bonds. The van der Waals surface area contributed by atoms with Crippen molar-refractivity contribution in [1.29, 1.82) is 0 Å². The van der Waals surface area contributed by atoms with Gasteiger partial charge in [-0.3, -0.25) is 9.59 Å². The second-order valence-corrected chi connectivity index (χ2v) is 7.84. The largest absolute Gasteiger partial charge is 0.350 e. The van der Waals surface area contributed by atoms with Crippen LogP contribution in [-0.2, 0) is 6.42 Å². The number of aromatic nitrogens is 2. The van der Waals surface area contributed by atoms with Gasteiger partial charge in [-0.05, 0) is 41.2 Å². The topological polar surface area (TPSA) is 84.0 Å². The molecule has 0 aliphatic rings. The fourth-order valence-electron chi connectivity index (χ4n) is 3.64. The summed E-state index contributed by atoms with van der Waals surface area (Å²) in [4.78, 5) is 34.1. The number of benzene rings is 2. The molecule has 3 aromatic rings. The van der Waals surface area contributed by atoms with Gasteiger partial charge in [-0.25, -0.2) is 9.97 Å². The van der Waals surface area contributed by atoms with Crippen molar-refractivity contribution in [2.75, 3.05) is 11.9 Å². The minimum Gasteiger partial charge on any atom is -0.350 e. The molecule has 1 atom stereocenters. The Balaban J connectivity index is 1.79. The number of carbonyl (C=O) groups is 2. The Hall–Kier alpha value is -3.28. The highest BCUT2D eigenvalue weighted by Gasteiger charge is 2.19. The van der Waals surface area contributed by atoms with Gasteiger partial charge in [0.2, 0.25) is 0 Å². The molecule has 6 heteroatoms. The van der Waals surface area contributed by atoms with E-state index in [0.29, 0.717) is 18.0 Å². The van der Waals surface area contributed by atoms with E-state index in [1.165, 1.54) is 18.0 Å². The summed E-state index contributed by atoms with van der Waals surface area (Å²) in [5.74, 6) is -0.112. The van der Waals surface area contributed by atoms with Gasteiger partial charge in [0.15, 0.2) is 11.5 Å². The fraction of sp³-hybridized carbons (Fsp3) is 0.360. The number of aryl methyl sites for hydroxylation is 1. The van der Waals surface area contributed by atoms with Crippen molar-refractivity contribution in [2.45, 2.75) is 46.5 Å². The Morgan fingerprint density at radius 3 is 2.45 bits per heavy atom. The van der Waals surface area contributed by atoms with Crippen LogP contribution in [0.15, 0.2) is 48.8 Å². The molecule has 2 aromatic carbocycles. The Kier molecular flexibility index (Phi) is 7.70. The molecule has 0 fully saturated rings. The summed E-state index contributed by atoms with van der Waals surface area (Å²) in [6.45, 7) is 6.92. The Bertz CT molecular complexity index is 1060. The monoisotopic (exact) mass is 418 g/mol. The summed E-state index contributed by atoms with van der Waals surface area (Å²) in [5, 5.41) is 7.62. The quantitative estimate of drug-likeness (QED) is 0.512. The van der Waals surface area contributed by atoms with Gasteiger partial charge in [-0.1, -0.05) is 63.9 Å². The predicted octanol–water partition coefficient (Wildman–Crippen LogP) is 5.00. The van der Waals surface area contributed by atoms with Crippen LogP contribution in [0.5, 0.6) is 0 Å². The third kappa shape index (κ3) is 5.45. The van der Waals surface area contributed by atoms with Gasteiger partial charge in [-0.15, -0.1) is 0 Å². The number of fused-ring (bicyclic) bond motifs is 1. The van der Waals surface area contributed by atoms with Crippen LogP contribution < -0.4 is 10.6 Å². The average molecular weight is 419 g/mol. The Morgan fingerprint density at radius 1 is 0.968 bits per heavy atom. The van der Waals surface area contributed by atoms with Gasteiger partial charge >= 0.3 is 0 Å². The van der Waals surface area contributed by atoms with E-state index < -0.39 is 0 Å². The summed E-state index contributed by atoms with van der Waals surface area (Å²) < 4.78 is 0. The molecule has 2 N–H and O–H groups in total. The van der Waals surface area contributed by atoms with E-state index in [1.807, 2.05) is 36.4 Å². The van der Waals surface area contributed by atoms with Crippen molar-refractivity contribution < 1.29 is 9.59 Å². The Morgan fingerprint density at radius 2 is 1.71 bits per heavy atom. The van der Waals surface area contributed by atoms with E-state index in [2.05, 4.69) is 41.4 Å². The molecular formula is C25H30N4O2. The molecule has 1 heterocycles. The van der Waals surface area contributed by atoms with Crippen LogP contribution >= 0.6 is 0 Å². The number of carbonyl (C=O) groups excluding carboxylic acids is 2. The second-order valence-electron chi connectivity index (χ2n) is 7.84. The van der Waals surface area contributed by atoms with Gasteiger partial charge in [0, 0.05) is 24.5 Å². The number of rotatable bonds is 9. The highest BCUT2D eigenvalue weighted by molar-refractivity contribution is 6.14. The molecule has 0 saturated heterocycles. The number of nitrogens with one attached hydrogen (secondary N) is 2. The molecule has 0 aliphatic heterocycles. The number of nitrogens with zero attached hydrogens (tertiary/aromatic N) is 2. The predicted molar refractivity (Wildman–Crippen MR) is 124 cm³/mol. The lowest BCUT2D eigenvalue weighted by atomic mass is 9.98. The van der Waals surface area contributed by atoms with Crippen molar-refractivity contribution in [3.63, 3.8) is 0 Å². The van der Waals surface area contributed by atoms with E-state index in [1.54, 1.807) is 0 Å². The second kappa shape index (κ2) is 10.7. The molecule has 1 aromatic heterocycles. The summed E-state index contributed by atoms with van der Waals surface area (Å²) >= 11 is 0. The van der Waals surface area contributed by atoms with Crippen LogP contribution in [0.25, 0.3) is 10.8 Å². The van der Waals surface area contributed by atoms with E-state index in [0.717, 1.165) is 36.5 Å². The summed E-state index contributed by atoms with van der Waals surface area (Å²) in [7, 11) is 0. The number of amides is 2. The van der Waals surface area contributed by atoms with Gasteiger partial charge < -0.3 is 10.6 Å². The van der Waals surface area contributed by atoms with Gasteiger partial charge in [0.1, 0.15) is 0 Å². The van der Waals surface area contributed by atoms with Gasteiger partial charge in [0.25, 0.3) is 11.8 Å². The van der Waals surface area contributed by atoms with Crippen LogP contribution in [0.2, 0.25) is 0 Å². The molecule has 0 spiro atoms. The van der Waals surface area contributed by atoms with Gasteiger partial charge in [0.05, 0.1) is 0 Å². The molecule has 6 nitrogen and oxygen atoms in total. The van der Waals surface area contributed by atoms with E-state index in [-0.39, 0.29) is 23.3 Å². The first-order valence-electron chi connectivity index (χ1n) is 11.0. The number of anilines is 1. The van der Waals surface area contributed by atoms with E-state index in [9.17, 15) is 9.59 Å². The SMILES string of the molecule is CCCCC(C)CNC(=O)c1nccnc1NC(=O)c1ccc(CC)c2ccccc12. The zero-order valence-corrected chi connectivity index (χ0v) is 18.4. The minimum absolute atomic E-state index is 0.119. The van der Waals surface area contributed by atoms with Crippen LogP contribution in [0.1, 0.15) is 66.4 Å². The first-order valence-corrected chi connectivity index (χ1v) is 11.0. The maximum Gasteiger partial charge on any atom is 0.273 e. The highest BCUT2D eigenvalue weighted by atomic mass is 16.2. The highest BCUT2D eigenvalue weighted by Crippen LogP contribution is 2.24. The van der Waals surface area contributed by atoms with E-state index in [4.69, 9.17) is 0 Å². The maximum absolute atomic E-state index is 13.1. The molecule has 0 aliphatic carbocycles. The lowest BCUT2D eigenvalue weighted by Gasteiger charge is -2.14. The zero-order chi connectivity index (χ0) is 22.2. The third-order valence-corrected chi connectivity index (χ3v) is 5.45. The summed E-state index contributed by atoms with van der Waals surface area (Å²) in [6, 6.07) is 11.6. The maximum atomic E-state index is 13.1. The van der Waals surface area contributed by atoms with Crippen molar-refractivity contribution in [3.05, 3.63) is 65.6 Å². The van der Waals surface area contributed by atoms with Gasteiger partial charge in [-0.2, -0.15) is 0 Å². The minimum atomic E-state index is -0.335. The summed E-state index contributed by atoms with van der Waals surface area (Å²) in [5.41, 5.74) is 1.84.